The second-order valence-electron chi connectivity index (χ2n) is 5.29. The molecule has 0 atom stereocenters. The van der Waals surface area contributed by atoms with E-state index in [4.69, 9.17) is 5.11 Å². The number of carbonyl (C=O) groups excluding carboxylic acids is 1. The Morgan fingerprint density at radius 1 is 1.25 bits per heavy atom. The van der Waals surface area contributed by atoms with Crippen LogP contribution in [0.2, 0.25) is 0 Å². The number of Topliss-reactive ketones (excluding diaryl/α,β-unsaturated/α-hetero) is 1. The summed E-state index contributed by atoms with van der Waals surface area (Å²) in [6.45, 7) is 5.06. The topological polar surface area (TPSA) is 73.7 Å². The summed E-state index contributed by atoms with van der Waals surface area (Å²) in [7, 11) is 0. The van der Waals surface area contributed by atoms with Crippen molar-refractivity contribution in [3.05, 3.63) is 10.6 Å². The molecule has 3 rings (SSSR count). The lowest BCUT2D eigenvalue weighted by Gasteiger charge is -2.34. The molecule has 1 aliphatic heterocycles. The molecule has 7 heteroatoms. The molecular formula is C13H17N3O3S. The highest BCUT2D eigenvalue weighted by Crippen LogP contribution is 2.31. The van der Waals surface area contributed by atoms with Crippen molar-refractivity contribution >= 4 is 28.2 Å². The summed E-state index contributed by atoms with van der Waals surface area (Å²) in [5.74, 6) is -1.36. The number of carbonyl (C=O) groups is 2. The van der Waals surface area contributed by atoms with Gasteiger partial charge in [-0.15, -0.1) is 0 Å². The van der Waals surface area contributed by atoms with Gasteiger partial charge in [-0.3, -0.25) is 9.69 Å². The molecule has 2 heterocycles. The number of aromatic nitrogens is 1. The van der Waals surface area contributed by atoms with Crippen molar-refractivity contribution in [3.63, 3.8) is 0 Å². The average molecular weight is 295 g/mol. The van der Waals surface area contributed by atoms with Gasteiger partial charge in [0.1, 0.15) is 4.88 Å². The van der Waals surface area contributed by atoms with Crippen LogP contribution in [0.5, 0.6) is 0 Å². The monoisotopic (exact) mass is 295 g/mol. The molecule has 108 valence electrons. The van der Waals surface area contributed by atoms with Crippen LogP contribution in [0.1, 0.15) is 39.9 Å². The van der Waals surface area contributed by atoms with Gasteiger partial charge in [0.05, 0.1) is 0 Å². The average Bonchev–Trinajstić information content (AvgIpc) is 3.16. The molecular weight excluding hydrogens is 278 g/mol. The molecule has 1 aromatic rings. The molecule has 0 bridgehead atoms. The first-order valence-electron chi connectivity index (χ1n) is 6.80. The molecule has 20 heavy (non-hydrogen) atoms. The van der Waals surface area contributed by atoms with E-state index in [-0.39, 0.29) is 16.4 Å². The SMILES string of the molecule is CC(=O)c1sc(N2CCN(C3CC3)CC2)nc1C(=O)O. The fourth-order valence-corrected chi connectivity index (χ4v) is 3.55. The summed E-state index contributed by atoms with van der Waals surface area (Å²) in [4.78, 5) is 31.6. The summed E-state index contributed by atoms with van der Waals surface area (Å²) >= 11 is 1.19. The number of hydrogen-bond acceptors (Lipinski definition) is 6. The van der Waals surface area contributed by atoms with E-state index in [2.05, 4.69) is 14.8 Å². The summed E-state index contributed by atoms with van der Waals surface area (Å²) in [6, 6.07) is 0.760. The largest absolute Gasteiger partial charge is 0.476 e. The van der Waals surface area contributed by atoms with Gasteiger partial charge in [0.25, 0.3) is 0 Å². The van der Waals surface area contributed by atoms with Gasteiger partial charge in [0, 0.05) is 39.1 Å². The Kier molecular flexibility index (Phi) is 3.47. The maximum atomic E-state index is 11.5. The Balaban J connectivity index is 1.75. The number of ketones is 1. The van der Waals surface area contributed by atoms with Crippen LogP contribution in [-0.4, -0.2) is 59.0 Å². The molecule has 2 aliphatic rings. The fraction of sp³-hybridized carbons (Fsp3) is 0.615. The zero-order chi connectivity index (χ0) is 14.3. The van der Waals surface area contributed by atoms with E-state index in [1.165, 1.54) is 31.1 Å². The van der Waals surface area contributed by atoms with Gasteiger partial charge >= 0.3 is 5.97 Å². The zero-order valence-corrected chi connectivity index (χ0v) is 12.2. The molecule has 0 amide bonds. The minimum absolute atomic E-state index is 0.109. The molecule has 0 radical (unpaired) electrons. The van der Waals surface area contributed by atoms with Crippen LogP contribution in [0, 0.1) is 0 Å². The maximum absolute atomic E-state index is 11.5. The molecule has 6 nitrogen and oxygen atoms in total. The minimum Gasteiger partial charge on any atom is -0.476 e. The van der Waals surface area contributed by atoms with Crippen LogP contribution in [0.25, 0.3) is 0 Å². The van der Waals surface area contributed by atoms with Crippen molar-refractivity contribution in [1.82, 2.24) is 9.88 Å². The highest BCUT2D eigenvalue weighted by molar-refractivity contribution is 7.17. The fourth-order valence-electron chi connectivity index (χ4n) is 2.55. The number of hydrogen-bond donors (Lipinski definition) is 1. The molecule has 1 saturated carbocycles. The van der Waals surface area contributed by atoms with Crippen molar-refractivity contribution in [2.75, 3.05) is 31.1 Å². The number of carboxylic acid groups (broad SMARTS) is 1. The lowest BCUT2D eigenvalue weighted by Crippen LogP contribution is -2.47. The van der Waals surface area contributed by atoms with Crippen molar-refractivity contribution in [2.24, 2.45) is 0 Å². The number of carboxylic acids is 1. The highest BCUT2D eigenvalue weighted by Gasteiger charge is 2.32. The molecule has 0 spiro atoms. The predicted octanol–water partition coefficient (Wildman–Crippen LogP) is 1.33. The lowest BCUT2D eigenvalue weighted by molar-refractivity contribution is 0.0687. The number of piperazine rings is 1. The van der Waals surface area contributed by atoms with Gasteiger partial charge in [0.2, 0.25) is 0 Å². The summed E-state index contributed by atoms with van der Waals surface area (Å²) in [6.07, 6.45) is 2.60. The molecule has 1 aromatic heterocycles. The third kappa shape index (κ3) is 2.55. The lowest BCUT2D eigenvalue weighted by atomic mass is 10.3. The van der Waals surface area contributed by atoms with Gasteiger partial charge in [-0.1, -0.05) is 11.3 Å². The summed E-state index contributed by atoms with van der Waals surface area (Å²) in [5, 5.41) is 9.77. The number of nitrogens with zero attached hydrogens (tertiary/aromatic N) is 3. The molecule has 2 fully saturated rings. The van der Waals surface area contributed by atoms with Gasteiger partial charge in [-0.05, 0) is 12.8 Å². The van der Waals surface area contributed by atoms with Crippen LogP contribution in [0.3, 0.4) is 0 Å². The highest BCUT2D eigenvalue weighted by atomic mass is 32.1. The van der Waals surface area contributed by atoms with Gasteiger partial charge in [0.15, 0.2) is 16.6 Å². The van der Waals surface area contributed by atoms with Gasteiger partial charge in [-0.25, -0.2) is 9.78 Å². The van der Waals surface area contributed by atoms with E-state index in [0.717, 1.165) is 32.2 Å². The van der Waals surface area contributed by atoms with E-state index in [1.54, 1.807) is 0 Å². The normalized spacial score (nSPS) is 20.1. The molecule has 1 N–H and O–H groups in total. The summed E-state index contributed by atoms with van der Waals surface area (Å²) < 4.78 is 0. The van der Waals surface area contributed by atoms with Crippen molar-refractivity contribution in [3.8, 4) is 0 Å². The Hall–Kier alpha value is -1.47. The first-order chi connectivity index (χ1) is 9.56. The molecule has 0 aromatic carbocycles. The standard InChI is InChI=1S/C13H17N3O3S/c1-8(17)11-10(12(18)19)14-13(20-11)16-6-4-15(5-7-16)9-2-3-9/h9H,2-7H2,1H3,(H,18,19). The maximum Gasteiger partial charge on any atom is 0.356 e. The van der Waals surface area contributed by atoms with Gasteiger partial charge in [-0.2, -0.15) is 0 Å². The molecule has 0 unspecified atom stereocenters. The second-order valence-corrected chi connectivity index (χ2v) is 6.27. The van der Waals surface area contributed by atoms with E-state index in [9.17, 15) is 9.59 Å². The predicted molar refractivity (Wildman–Crippen MR) is 75.9 cm³/mol. The van der Waals surface area contributed by atoms with Crippen LogP contribution < -0.4 is 4.90 Å². The minimum atomic E-state index is -1.13. The number of anilines is 1. The van der Waals surface area contributed by atoms with Crippen molar-refractivity contribution < 1.29 is 14.7 Å². The van der Waals surface area contributed by atoms with E-state index in [1.807, 2.05) is 0 Å². The van der Waals surface area contributed by atoms with Crippen molar-refractivity contribution in [2.45, 2.75) is 25.8 Å². The Labute approximate surface area is 121 Å². The van der Waals surface area contributed by atoms with Crippen LogP contribution in [0.4, 0.5) is 5.13 Å². The Morgan fingerprint density at radius 2 is 1.90 bits per heavy atom. The number of aromatic carboxylic acids is 1. The van der Waals surface area contributed by atoms with Crippen molar-refractivity contribution in [1.29, 1.82) is 0 Å². The molecule has 1 saturated heterocycles. The van der Waals surface area contributed by atoms with E-state index < -0.39 is 5.97 Å². The van der Waals surface area contributed by atoms with E-state index in [0.29, 0.717) is 5.13 Å². The number of thiazole rings is 1. The third-order valence-electron chi connectivity index (χ3n) is 3.79. The first kappa shape index (κ1) is 13.5. The van der Waals surface area contributed by atoms with Crippen LogP contribution in [0.15, 0.2) is 0 Å². The zero-order valence-electron chi connectivity index (χ0n) is 11.3. The second kappa shape index (κ2) is 5.14. The van der Waals surface area contributed by atoms with Gasteiger partial charge < -0.3 is 10.0 Å². The number of rotatable bonds is 4. The Morgan fingerprint density at radius 3 is 2.35 bits per heavy atom. The smallest absolute Gasteiger partial charge is 0.356 e. The Bertz CT molecular complexity index is 514. The first-order valence-corrected chi connectivity index (χ1v) is 7.62. The van der Waals surface area contributed by atoms with Crippen LogP contribution >= 0.6 is 11.3 Å². The summed E-state index contributed by atoms with van der Waals surface area (Å²) in [5.41, 5.74) is -0.109. The third-order valence-corrected chi connectivity index (χ3v) is 5.00. The molecule has 1 aliphatic carbocycles. The van der Waals surface area contributed by atoms with Crippen LogP contribution in [-0.2, 0) is 0 Å². The quantitative estimate of drug-likeness (QED) is 0.845. The van der Waals surface area contributed by atoms with E-state index >= 15 is 0 Å².